The van der Waals surface area contributed by atoms with E-state index in [1.54, 1.807) is 6.07 Å². The van der Waals surface area contributed by atoms with Crippen LogP contribution in [0.4, 0.5) is 0 Å². The van der Waals surface area contributed by atoms with Gasteiger partial charge in [-0.15, -0.1) is 0 Å². The Balaban J connectivity index is 2.13. The van der Waals surface area contributed by atoms with Gasteiger partial charge in [-0.05, 0) is 45.8 Å². The molecule has 0 aliphatic carbocycles. The van der Waals surface area contributed by atoms with Crippen LogP contribution in [0.3, 0.4) is 0 Å². The predicted octanol–water partition coefficient (Wildman–Crippen LogP) is 2.49. The van der Waals surface area contributed by atoms with Crippen molar-refractivity contribution in [3.8, 4) is 11.5 Å². The van der Waals surface area contributed by atoms with Gasteiger partial charge in [-0.25, -0.2) is 0 Å². The smallest absolute Gasteiger partial charge is 0.161 e. The lowest BCUT2D eigenvalue weighted by Crippen LogP contribution is -2.56. The summed E-state index contributed by atoms with van der Waals surface area (Å²) >= 11 is 0. The molecule has 112 valence electrons. The van der Waals surface area contributed by atoms with Crippen LogP contribution < -0.4 is 10.5 Å². The first-order valence-electron chi connectivity index (χ1n) is 7.52. The molecule has 0 radical (unpaired) electrons. The van der Waals surface area contributed by atoms with E-state index in [9.17, 15) is 5.11 Å². The van der Waals surface area contributed by atoms with Crippen LogP contribution in [0, 0.1) is 0 Å². The van der Waals surface area contributed by atoms with Gasteiger partial charge in [0.15, 0.2) is 11.5 Å². The minimum absolute atomic E-state index is 0.225. The molecule has 4 nitrogen and oxygen atoms in total. The van der Waals surface area contributed by atoms with Crippen LogP contribution in [0.15, 0.2) is 18.2 Å². The molecular weight excluding hydrogens is 252 g/mol. The molecule has 1 atom stereocenters. The Morgan fingerprint density at radius 1 is 1.30 bits per heavy atom. The molecule has 1 fully saturated rings. The van der Waals surface area contributed by atoms with E-state index in [1.165, 1.54) is 19.3 Å². The van der Waals surface area contributed by atoms with E-state index in [2.05, 4.69) is 4.90 Å². The summed E-state index contributed by atoms with van der Waals surface area (Å²) in [4.78, 5) is 2.32. The number of likely N-dealkylation sites (tertiary alicyclic amines) is 1. The number of nitrogens with zero attached hydrogens (tertiary/aromatic N) is 1. The Labute approximate surface area is 121 Å². The quantitative estimate of drug-likeness (QED) is 0.869. The first-order valence-corrected chi connectivity index (χ1v) is 7.52. The average Bonchev–Trinajstić information content (AvgIpc) is 2.44. The highest BCUT2D eigenvalue weighted by Crippen LogP contribution is 2.32. The molecule has 0 bridgehead atoms. The van der Waals surface area contributed by atoms with Crippen molar-refractivity contribution in [1.82, 2.24) is 4.90 Å². The van der Waals surface area contributed by atoms with E-state index in [-0.39, 0.29) is 5.75 Å². The number of rotatable bonds is 5. The minimum Gasteiger partial charge on any atom is -0.504 e. The summed E-state index contributed by atoms with van der Waals surface area (Å²) in [5.41, 5.74) is 6.92. The highest BCUT2D eigenvalue weighted by Gasteiger charge is 2.29. The van der Waals surface area contributed by atoms with Crippen molar-refractivity contribution in [3.63, 3.8) is 0 Å². The molecule has 0 spiro atoms. The van der Waals surface area contributed by atoms with Crippen molar-refractivity contribution >= 4 is 0 Å². The molecule has 4 heteroatoms. The molecule has 0 amide bonds. The average molecular weight is 278 g/mol. The van der Waals surface area contributed by atoms with Gasteiger partial charge in [-0.3, -0.25) is 4.90 Å². The maximum Gasteiger partial charge on any atom is 0.161 e. The maximum atomic E-state index is 10.3. The van der Waals surface area contributed by atoms with Gasteiger partial charge in [0, 0.05) is 12.0 Å². The zero-order valence-electron chi connectivity index (χ0n) is 12.6. The van der Waals surface area contributed by atoms with Crippen LogP contribution in [-0.4, -0.2) is 35.4 Å². The fraction of sp³-hybridized carbons (Fsp3) is 0.625. The molecule has 0 saturated carbocycles. The van der Waals surface area contributed by atoms with Gasteiger partial charge in [0.05, 0.1) is 12.3 Å². The van der Waals surface area contributed by atoms with E-state index in [1.807, 2.05) is 26.0 Å². The van der Waals surface area contributed by atoms with E-state index in [4.69, 9.17) is 10.5 Å². The molecule has 2 rings (SSSR count). The summed E-state index contributed by atoms with van der Waals surface area (Å²) in [6, 6.07) is 5.62. The van der Waals surface area contributed by atoms with Crippen molar-refractivity contribution in [1.29, 1.82) is 0 Å². The van der Waals surface area contributed by atoms with Crippen LogP contribution in [0.1, 0.15) is 38.7 Å². The Hall–Kier alpha value is -1.26. The van der Waals surface area contributed by atoms with Gasteiger partial charge in [-0.1, -0.05) is 18.6 Å². The van der Waals surface area contributed by atoms with Gasteiger partial charge in [0.2, 0.25) is 0 Å². The summed E-state index contributed by atoms with van der Waals surface area (Å²) < 4.78 is 5.43. The standard InChI is InChI=1S/C16H26N2O2/c1-3-20-14-9-7-8-13(15(14)19)12-16(2,17)18-10-5-4-6-11-18/h7-9,19H,3-6,10-12,17H2,1-2H3. The van der Waals surface area contributed by atoms with E-state index < -0.39 is 5.66 Å². The highest BCUT2D eigenvalue weighted by atomic mass is 16.5. The van der Waals surface area contributed by atoms with Gasteiger partial charge >= 0.3 is 0 Å². The molecular formula is C16H26N2O2. The summed E-state index contributed by atoms with van der Waals surface area (Å²) in [6.07, 6.45) is 4.33. The number of phenolic OH excluding ortho intramolecular Hbond substituents is 1. The molecule has 1 aromatic rings. The monoisotopic (exact) mass is 278 g/mol. The summed E-state index contributed by atoms with van der Waals surface area (Å²) in [7, 11) is 0. The van der Waals surface area contributed by atoms with E-state index in [0.29, 0.717) is 18.8 Å². The Morgan fingerprint density at radius 2 is 2.00 bits per heavy atom. The minimum atomic E-state index is -0.428. The van der Waals surface area contributed by atoms with Crippen LogP contribution >= 0.6 is 0 Å². The first kappa shape index (κ1) is 15.1. The van der Waals surface area contributed by atoms with Crippen LogP contribution in [0.5, 0.6) is 11.5 Å². The topological polar surface area (TPSA) is 58.7 Å². The lowest BCUT2D eigenvalue weighted by molar-refractivity contribution is 0.0850. The third kappa shape index (κ3) is 3.44. The number of hydrogen-bond acceptors (Lipinski definition) is 4. The van der Waals surface area contributed by atoms with Crippen molar-refractivity contribution in [2.24, 2.45) is 5.73 Å². The molecule has 1 aliphatic heterocycles. The Morgan fingerprint density at radius 3 is 2.65 bits per heavy atom. The zero-order chi connectivity index (χ0) is 14.6. The fourth-order valence-corrected chi connectivity index (χ4v) is 2.88. The highest BCUT2D eigenvalue weighted by molar-refractivity contribution is 5.46. The van der Waals surface area contributed by atoms with Crippen molar-refractivity contribution < 1.29 is 9.84 Å². The zero-order valence-corrected chi connectivity index (χ0v) is 12.6. The SMILES string of the molecule is CCOc1cccc(CC(C)(N)N2CCCCC2)c1O. The van der Waals surface area contributed by atoms with Gasteiger partial charge in [0.1, 0.15) is 0 Å². The second kappa shape index (κ2) is 6.46. The number of para-hydroxylation sites is 1. The van der Waals surface area contributed by atoms with E-state index in [0.717, 1.165) is 18.7 Å². The van der Waals surface area contributed by atoms with E-state index >= 15 is 0 Å². The third-order valence-electron chi connectivity index (χ3n) is 4.01. The summed E-state index contributed by atoms with van der Waals surface area (Å²) in [6.45, 7) is 6.58. The third-order valence-corrected chi connectivity index (χ3v) is 4.01. The van der Waals surface area contributed by atoms with Crippen molar-refractivity contribution in [2.75, 3.05) is 19.7 Å². The number of piperidine rings is 1. The van der Waals surface area contributed by atoms with Crippen LogP contribution in [0.2, 0.25) is 0 Å². The second-order valence-corrected chi connectivity index (χ2v) is 5.78. The lowest BCUT2D eigenvalue weighted by atomic mass is 9.97. The number of ether oxygens (including phenoxy) is 1. The van der Waals surface area contributed by atoms with Gasteiger partial charge in [0.25, 0.3) is 0 Å². The van der Waals surface area contributed by atoms with Gasteiger partial charge < -0.3 is 15.6 Å². The van der Waals surface area contributed by atoms with Crippen molar-refractivity contribution in [3.05, 3.63) is 23.8 Å². The van der Waals surface area contributed by atoms with Crippen molar-refractivity contribution in [2.45, 2.75) is 45.2 Å². The number of aromatic hydroxyl groups is 1. The second-order valence-electron chi connectivity index (χ2n) is 5.78. The molecule has 1 aromatic carbocycles. The summed E-state index contributed by atoms with van der Waals surface area (Å²) in [5.74, 6) is 0.766. The first-order chi connectivity index (χ1) is 9.54. The van der Waals surface area contributed by atoms with Crippen LogP contribution in [-0.2, 0) is 6.42 Å². The largest absolute Gasteiger partial charge is 0.504 e. The molecule has 1 saturated heterocycles. The molecule has 3 N–H and O–H groups in total. The molecule has 20 heavy (non-hydrogen) atoms. The number of phenols is 1. The molecule has 0 aromatic heterocycles. The molecule has 1 heterocycles. The molecule has 1 unspecified atom stereocenters. The Kier molecular flexibility index (Phi) is 4.89. The van der Waals surface area contributed by atoms with Gasteiger partial charge in [-0.2, -0.15) is 0 Å². The lowest BCUT2D eigenvalue weighted by Gasteiger charge is -2.41. The number of benzene rings is 1. The number of nitrogens with two attached hydrogens (primary N) is 1. The van der Waals surface area contributed by atoms with Crippen LogP contribution in [0.25, 0.3) is 0 Å². The molecule has 1 aliphatic rings. The fourth-order valence-electron chi connectivity index (χ4n) is 2.88. The normalized spacial score (nSPS) is 19.6. The number of hydrogen-bond donors (Lipinski definition) is 2. The Bertz CT molecular complexity index is 440. The summed E-state index contributed by atoms with van der Waals surface area (Å²) in [5, 5.41) is 10.3. The predicted molar refractivity (Wildman–Crippen MR) is 81.0 cm³/mol. The maximum absolute atomic E-state index is 10.3.